The minimum Gasteiger partial charge on any atom is -0.383 e. The number of carbonyl (C=O) groups excluding carboxylic acids is 1. The molecule has 1 amide bonds. The van der Waals surface area contributed by atoms with E-state index in [1.54, 1.807) is 17.7 Å². The van der Waals surface area contributed by atoms with Crippen LogP contribution >= 0.6 is 27.7 Å². The summed E-state index contributed by atoms with van der Waals surface area (Å²) in [6.07, 6.45) is 2.09. The van der Waals surface area contributed by atoms with Gasteiger partial charge in [0.2, 0.25) is 5.91 Å². The number of amides is 1. The summed E-state index contributed by atoms with van der Waals surface area (Å²) in [4.78, 5) is 32.5. The van der Waals surface area contributed by atoms with Gasteiger partial charge in [-0.2, -0.15) is 0 Å². The summed E-state index contributed by atoms with van der Waals surface area (Å²) in [5, 5.41) is 0.809. The van der Waals surface area contributed by atoms with Gasteiger partial charge in [-0.3, -0.25) is 14.2 Å². The summed E-state index contributed by atoms with van der Waals surface area (Å²) >= 11 is 4.76. The highest BCUT2D eigenvalue weighted by Gasteiger charge is 2.26. The number of hydrogen-bond acceptors (Lipinski definition) is 5. The number of methoxy groups -OCH3 is 1. The first-order chi connectivity index (χ1) is 13.4. The van der Waals surface area contributed by atoms with Crippen molar-refractivity contribution >= 4 is 44.5 Å². The van der Waals surface area contributed by atoms with Crippen molar-refractivity contribution < 1.29 is 9.53 Å². The lowest BCUT2D eigenvalue weighted by Gasteiger charge is -2.32. The molecule has 0 bridgehead atoms. The zero-order valence-corrected chi connectivity index (χ0v) is 18.9. The number of nitrogens with zero attached hydrogens (tertiary/aromatic N) is 3. The number of piperidine rings is 1. The highest BCUT2D eigenvalue weighted by Crippen LogP contribution is 2.26. The minimum atomic E-state index is -0.304. The molecular formula is C20H26BrN3O3S. The van der Waals surface area contributed by atoms with E-state index in [1.165, 1.54) is 11.8 Å². The Labute approximate surface area is 177 Å². The van der Waals surface area contributed by atoms with Gasteiger partial charge in [0.1, 0.15) is 0 Å². The molecule has 28 heavy (non-hydrogen) atoms. The fourth-order valence-corrected chi connectivity index (χ4v) is 4.72. The van der Waals surface area contributed by atoms with Crippen molar-refractivity contribution in [2.24, 2.45) is 5.92 Å². The van der Waals surface area contributed by atoms with Crippen LogP contribution in [0.5, 0.6) is 0 Å². The number of halogens is 1. The normalized spacial score (nSPS) is 16.5. The molecule has 0 radical (unpaired) electrons. The molecule has 0 saturated carbocycles. The molecule has 152 valence electrons. The standard InChI is InChI=1S/C20H26BrN3O3S/c1-13-6-8-23(9-7-13)18(25)14(2)28-20-22-17-5-4-15(21)12-16(17)19(26)24(20)10-11-27-3/h4-5,12-14H,6-11H2,1-3H3. The van der Waals surface area contributed by atoms with Crippen LogP contribution in [0.15, 0.2) is 32.6 Å². The van der Waals surface area contributed by atoms with Crippen LogP contribution in [0, 0.1) is 5.92 Å². The van der Waals surface area contributed by atoms with E-state index in [-0.39, 0.29) is 16.7 Å². The molecule has 1 fully saturated rings. The van der Waals surface area contributed by atoms with Crippen molar-refractivity contribution in [2.75, 3.05) is 26.8 Å². The number of benzene rings is 1. The van der Waals surface area contributed by atoms with Crippen LogP contribution in [0.3, 0.4) is 0 Å². The van der Waals surface area contributed by atoms with Crippen LogP contribution in [0.2, 0.25) is 0 Å². The Morgan fingerprint density at radius 2 is 2.11 bits per heavy atom. The lowest BCUT2D eigenvalue weighted by Crippen LogP contribution is -2.42. The first kappa shape index (κ1) is 21.3. The third kappa shape index (κ3) is 4.78. The first-order valence-electron chi connectivity index (χ1n) is 9.55. The number of carbonyl (C=O) groups is 1. The Bertz CT molecular complexity index is 909. The third-order valence-corrected chi connectivity index (χ3v) is 6.70. The summed E-state index contributed by atoms with van der Waals surface area (Å²) in [6.45, 7) is 6.53. The third-order valence-electron chi connectivity index (χ3n) is 5.13. The van der Waals surface area contributed by atoms with Crippen molar-refractivity contribution in [3.63, 3.8) is 0 Å². The van der Waals surface area contributed by atoms with E-state index in [1.807, 2.05) is 24.0 Å². The average Bonchev–Trinajstić information content (AvgIpc) is 2.68. The Kier molecular flexibility index (Phi) is 7.17. The van der Waals surface area contributed by atoms with Crippen molar-refractivity contribution in [1.82, 2.24) is 14.5 Å². The van der Waals surface area contributed by atoms with E-state index in [0.717, 1.165) is 30.4 Å². The highest BCUT2D eigenvalue weighted by atomic mass is 79.9. The second-order valence-corrected chi connectivity index (χ2v) is 9.50. The number of thioether (sulfide) groups is 1. The molecule has 1 atom stereocenters. The van der Waals surface area contributed by atoms with Crippen LogP contribution < -0.4 is 5.56 Å². The first-order valence-corrected chi connectivity index (χ1v) is 11.2. The summed E-state index contributed by atoms with van der Waals surface area (Å²) in [5.74, 6) is 0.785. The Hall–Kier alpha value is -1.38. The molecule has 6 nitrogen and oxygen atoms in total. The maximum Gasteiger partial charge on any atom is 0.262 e. The van der Waals surface area contributed by atoms with Gasteiger partial charge < -0.3 is 9.64 Å². The monoisotopic (exact) mass is 467 g/mol. The number of likely N-dealkylation sites (tertiary alicyclic amines) is 1. The molecule has 8 heteroatoms. The van der Waals surface area contributed by atoms with Gasteiger partial charge in [0.15, 0.2) is 5.16 Å². The zero-order chi connectivity index (χ0) is 20.3. The molecule has 1 aliphatic rings. The lowest BCUT2D eigenvalue weighted by atomic mass is 9.99. The number of fused-ring (bicyclic) bond motifs is 1. The van der Waals surface area contributed by atoms with Crippen molar-refractivity contribution in [2.45, 2.75) is 43.6 Å². The quantitative estimate of drug-likeness (QED) is 0.480. The summed E-state index contributed by atoms with van der Waals surface area (Å²) < 4.78 is 7.62. The topological polar surface area (TPSA) is 64.4 Å². The SMILES string of the molecule is COCCn1c(SC(C)C(=O)N2CCC(C)CC2)nc2ccc(Br)cc2c1=O. The zero-order valence-electron chi connectivity index (χ0n) is 16.5. The van der Waals surface area contributed by atoms with Crippen LogP contribution in [0.25, 0.3) is 10.9 Å². The average molecular weight is 468 g/mol. The molecule has 1 aromatic heterocycles. The molecule has 0 spiro atoms. The number of aromatic nitrogens is 2. The van der Waals surface area contributed by atoms with E-state index in [2.05, 4.69) is 27.8 Å². The van der Waals surface area contributed by atoms with Gasteiger partial charge in [0, 0.05) is 24.7 Å². The lowest BCUT2D eigenvalue weighted by molar-refractivity contribution is -0.131. The van der Waals surface area contributed by atoms with Crippen LogP contribution in [0.1, 0.15) is 26.7 Å². The second-order valence-electron chi connectivity index (χ2n) is 7.27. The van der Waals surface area contributed by atoms with Gasteiger partial charge in [-0.15, -0.1) is 0 Å². The van der Waals surface area contributed by atoms with Crippen molar-refractivity contribution in [1.29, 1.82) is 0 Å². The van der Waals surface area contributed by atoms with Crippen molar-refractivity contribution in [3.8, 4) is 0 Å². The van der Waals surface area contributed by atoms with Gasteiger partial charge in [-0.1, -0.05) is 34.6 Å². The molecule has 0 N–H and O–H groups in total. The molecule has 1 aromatic carbocycles. The predicted molar refractivity (Wildman–Crippen MR) is 116 cm³/mol. The largest absolute Gasteiger partial charge is 0.383 e. The predicted octanol–water partition coefficient (Wildman–Crippen LogP) is 3.54. The van der Waals surface area contributed by atoms with Gasteiger partial charge in [0.25, 0.3) is 5.56 Å². The smallest absolute Gasteiger partial charge is 0.262 e. The molecular weight excluding hydrogens is 442 g/mol. The highest BCUT2D eigenvalue weighted by molar-refractivity contribution is 9.10. The maximum absolute atomic E-state index is 13.0. The van der Waals surface area contributed by atoms with Gasteiger partial charge in [0.05, 0.1) is 29.3 Å². The molecule has 2 heterocycles. The number of hydrogen-bond donors (Lipinski definition) is 0. The molecule has 1 unspecified atom stereocenters. The Balaban J connectivity index is 1.89. The van der Waals surface area contributed by atoms with E-state index >= 15 is 0 Å². The maximum atomic E-state index is 13.0. The van der Waals surface area contributed by atoms with Gasteiger partial charge in [-0.25, -0.2) is 4.98 Å². The molecule has 3 rings (SSSR count). The molecule has 1 saturated heterocycles. The Morgan fingerprint density at radius 1 is 1.39 bits per heavy atom. The van der Waals surface area contributed by atoms with Crippen molar-refractivity contribution in [3.05, 3.63) is 33.0 Å². The fraction of sp³-hybridized carbons (Fsp3) is 0.550. The molecule has 2 aromatic rings. The summed E-state index contributed by atoms with van der Waals surface area (Å²) in [5.41, 5.74) is 0.521. The van der Waals surface area contributed by atoms with E-state index in [9.17, 15) is 9.59 Å². The van der Waals surface area contributed by atoms with Crippen LogP contribution in [0.4, 0.5) is 0 Å². The minimum absolute atomic E-state index is 0.111. The van der Waals surface area contributed by atoms with E-state index in [0.29, 0.717) is 35.1 Å². The Morgan fingerprint density at radius 3 is 2.79 bits per heavy atom. The van der Waals surface area contributed by atoms with Gasteiger partial charge >= 0.3 is 0 Å². The van der Waals surface area contributed by atoms with E-state index in [4.69, 9.17) is 4.74 Å². The number of ether oxygens (including phenoxy) is 1. The molecule has 1 aliphatic heterocycles. The summed E-state index contributed by atoms with van der Waals surface area (Å²) in [6, 6.07) is 5.47. The van der Waals surface area contributed by atoms with Crippen LogP contribution in [-0.4, -0.2) is 52.4 Å². The fourth-order valence-electron chi connectivity index (χ4n) is 3.34. The second kappa shape index (κ2) is 9.41. The molecule has 0 aliphatic carbocycles. The van der Waals surface area contributed by atoms with Crippen LogP contribution in [-0.2, 0) is 16.1 Å². The number of rotatable bonds is 6. The van der Waals surface area contributed by atoms with E-state index < -0.39 is 0 Å². The summed E-state index contributed by atoms with van der Waals surface area (Å²) in [7, 11) is 1.60. The van der Waals surface area contributed by atoms with Gasteiger partial charge in [-0.05, 0) is 43.9 Å².